The summed E-state index contributed by atoms with van der Waals surface area (Å²) in [5.41, 5.74) is 2.69. The summed E-state index contributed by atoms with van der Waals surface area (Å²) >= 11 is 4.95. The Hall–Kier alpha value is -2.76. The summed E-state index contributed by atoms with van der Waals surface area (Å²) in [4.78, 5) is 27.2. The van der Waals surface area contributed by atoms with Crippen LogP contribution < -0.4 is 0 Å². The van der Waals surface area contributed by atoms with Crippen LogP contribution in [0.5, 0.6) is 0 Å². The van der Waals surface area contributed by atoms with Crippen LogP contribution in [-0.4, -0.2) is 11.6 Å². The van der Waals surface area contributed by atoms with Gasteiger partial charge in [-0.3, -0.25) is 9.59 Å². The van der Waals surface area contributed by atoms with Gasteiger partial charge in [0.05, 0.1) is 11.1 Å². The number of hydrogen-bond donors (Lipinski definition) is 0. The molecule has 5 rings (SSSR count). The quantitative estimate of drug-likeness (QED) is 0.331. The van der Waals surface area contributed by atoms with Crippen molar-refractivity contribution in [2.45, 2.75) is 0 Å². The molecule has 2 aromatic heterocycles. The summed E-state index contributed by atoms with van der Waals surface area (Å²) in [6, 6.07) is 18.4. The van der Waals surface area contributed by atoms with Crippen molar-refractivity contribution in [2.75, 3.05) is 0 Å². The minimum atomic E-state index is -0.249. The first-order valence-corrected chi connectivity index (χ1v) is 9.97. The van der Waals surface area contributed by atoms with E-state index < -0.39 is 0 Å². The van der Waals surface area contributed by atoms with Gasteiger partial charge in [0, 0.05) is 26.0 Å². The molecule has 2 heterocycles. The van der Waals surface area contributed by atoms with Crippen molar-refractivity contribution in [3.63, 3.8) is 0 Å². The molecule has 4 aromatic rings. The zero-order valence-electron chi connectivity index (χ0n) is 13.9. The van der Waals surface area contributed by atoms with E-state index in [0.29, 0.717) is 28.0 Å². The Morgan fingerprint density at radius 3 is 2.11 bits per heavy atom. The van der Waals surface area contributed by atoms with Crippen LogP contribution >= 0.6 is 27.3 Å². The Balaban J connectivity index is 1.83. The molecular formula is C22H11BrO3S. The van der Waals surface area contributed by atoms with Crippen LogP contribution in [0.15, 0.2) is 74.9 Å². The maximum atomic E-state index is 13.3. The SMILES string of the molecule is O=C1c2ccccc2C(=O)c2c1oc(-c1ccc(Br)cc1)c2-c1cccs1. The fourth-order valence-corrected chi connectivity index (χ4v) is 4.44. The van der Waals surface area contributed by atoms with Gasteiger partial charge in [0.25, 0.3) is 0 Å². The van der Waals surface area contributed by atoms with Crippen LogP contribution in [0.1, 0.15) is 32.0 Å². The van der Waals surface area contributed by atoms with E-state index in [0.717, 1.165) is 14.9 Å². The number of furan rings is 1. The highest BCUT2D eigenvalue weighted by Gasteiger charge is 2.38. The first kappa shape index (κ1) is 16.4. The van der Waals surface area contributed by atoms with Crippen molar-refractivity contribution in [2.24, 2.45) is 0 Å². The fourth-order valence-electron chi connectivity index (χ4n) is 3.40. The number of carbonyl (C=O) groups is 2. The average Bonchev–Trinajstić information content (AvgIpc) is 3.34. The molecule has 0 amide bonds. The molecule has 0 unspecified atom stereocenters. The Morgan fingerprint density at radius 1 is 0.741 bits per heavy atom. The number of benzene rings is 2. The highest BCUT2D eigenvalue weighted by atomic mass is 79.9. The summed E-state index contributed by atoms with van der Waals surface area (Å²) in [5.74, 6) is 0.251. The second-order valence-corrected chi connectivity index (χ2v) is 8.06. The topological polar surface area (TPSA) is 47.3 Å². The van der Waals surface area contributed by atoms with Crippen molar-refractivity contribution < 1.29 is 14.0 Å². The molecule has 3 nitrogen and oxygen atoms in total. The van der Waals surface area contributed by atoms with Crippen molar-refractivity contribution >= 4 is 38.8 Å². The monoisotopic (exact) mass is 434 g/mol. The zero-order chi connectivity index (χ0) is 18.5. The van der Waals surface area contributed by atoms with Crippen LogP contribution in [0.2, 0.25) is 0 Å². The van der Waals surface area contributed by atoms with E-state index >= 15 is 0 Å². The molecule has 0 atom stereocenters. The Morgan fingerprint density at radius 2 is 1.44 bits per heavy atom. The number of carbonyl (C=O) groups excluding carboxylic acids is 2. The third-order valence-electron chi connectivity index (χ3n) is 4.63. The molecule has 0 saturated carbocycles. The lowest BCUT2D eigenvalue weighted by atomic mass is 9.86. The summed E-state index contributed by atoms with van der Waals surface area (Å²) in [6.07, 6.45) is 0. The number of halogens is 1. The van der Waals surface area contributed by atoms with E-state index in [4.69, 9.17) is 4.42 Å². The molecule has 0 spiro atoms. The largest absolute Gasteiger partial charge is 0.451 e. The van der Waals surface area contributed by atoms with E-state index in [1.165, 1.54) is 11.3 Å². The van der Waals surface area contributed by atoms with Crippen molar-refractivity contribution in [3.8, 4) is 21.8 Å². The minimum absolute atomic E-state index is 0.125. The van der Waals surface area contributed by atoms with E-state index in [9.17, 15) is 9.59 Å². The molecule has 27 heavy (non-hydrogen) atoms. The Bertz CT molecular complexity index is 1200. The number of fused-ring (bicyclic) bond motifs is 2. The summed E-state index contributed by atoms with van der Waals surface area (Å²) in [6.45, 7) is 0. The van der Waals surface area contributed by atoms with Gasteiger partial charge < -0.3 is 4.42 Å². The van der Waals surface area contributed by atoms with E-state index in [2.05, 4.69) is 15.9 Å². The number of hydrogen-bond acceptors (Lipinski definition) is 4. The molecule has 0 radical (unpaired) electrons. The molecule has 0 bridgehead atoms. The first-order chi connectivity index (χ1) is 13.1. The number of ketones is 2. The molecule has 0 aliphatic heterocycles. The molecular weight excluding hydrogens is 424 g/mol. The van der Waals surface area contributed by atoms with E-state index in [-0.39, 0.29) is 17.3 Å². The van der Waals surface area contributed by atoms with Crippen molar-refractivity contribution in [3.05, 3.63) is 93.0 Å². The molecule has 2 aromatic carbocycles. The second-order valence-electron chi connectivity index (χ2n) is 6.20. The molecule has 1 aliphatic rings. The van der Waals surface area contributed by atoms with Crippen LogP contribution in [-0.2, 0) is 0 Å². The van der Waals surface area contributed by atoms with Gasteiger partial charge in [-0.1, -0.05) is 58.4 Å². The highest BCUT2D eigenvalue weighted by molar-refractivity contribution is 9.10. The fraction of sp³-hybridized carbons (Fsp3) is 0. The molecule has 130 valence electrons. The maximum absolute atomic E-state index is 13.3. The lowest BCUT2D eigenvalue weighted by Crippen LogP contribution is -2.19. The summed E-state index contributed by atoms with van der Waals surface area (Å²) < 4.78 is 6.99. The third-order valence-corrected chi connectivity index (χ3v) is 6.05. The number of rotatable bonds is 2. The van der Waals surface area contributed by atoms with Gasteiger partial charge in [-0.05, 0) is 23.6 Å². The van der Waals surface area contributed by atoms with Crippen molar-refractivity contribution in [1.82, 2.24) is 0 Å². The average molecular weight is 435 g/mol. The van der Waals surface area contributed by atoms with Gasteiger partial charge in [0.1, 0.15) is 5.76 Å². The number of thiophene rings is 1. The van der Waals surface area contributed by atoms with Crippen LogP contribution in [0.3, 0.4) is 0 Å². The van der Waals surface area contributed by atoms with Crippen molar-refractivity contribution in [1.29, 1.82) is 0 Å². The smallest absolute Gasteiger partial charge is 0.229 e. The highest BCUT2D eigenvalue weighted by Crippen LogP contribution is 2.44. The molecule has 0 N–H and O–H groups in total. The zero-order valence-corrected chi connectivity index (χ0v) is 16.3. The summed E-state index contributed by atoms with van der Waals surface area (Å²) in [5, 5.41) is 1.95. The van der Waals surface area contributed by atoms with Crippen LogP contribution in [0.25, 0.3) is 21.8 Å². The molecule has 5 heteroatoms. The van der Waals surface area contributed by atoms with Gasteiger partial charge in [-0.25, -0.2) is 0 Å². The van der Waals surface area contributed by atoms with Crippen LogP contribution in [0.4, 0.5) is 0 Å². The minimum Gasteiger partial charge on any atom is -0.451 e. The van der Waals surface area contributed by atoms with Gasteiger partial charge in [0.2, 0.25) is 5.78 Å². The normalized spacial score (nSPS) is 12.8. The van der Waals surface area contributed by atoms with Gasteiger partial charge in [-0.15, -0.1) is 11.3 Å². The Labute approximate surface area is 167 Å². The van der Waals surface area contributed by atoms with Gasteiger partial charge in [-0.2, -0.15) is 0 Å². The van der Waals surface area contributed by atoms with E-state index in [1.807, 2.05) is 41.8 Å². The predicted octanol–water partition coefficient (Wildman–Crippen LogP) is 6.21. The lowest BCUT2D eigenvalue weighted by Gasteiger charge is -2.13. The van der Waals surface area contributed by atoms with E-state index in [1.54, 1.807) is 24.3 Å². The lowest BCUT2D eigenvalue weighted by molar-refractivity contribution is 0.0961. The maximum Gasteiger partial charge on any atom is 0.229 e. The summed E-state index contributed by atoms with van der Waals surface area (Å²) in [7, 11) is 0. The van der Waals surface area contributed by atoms with Gasteiger partial charge in [0.15, 0.2) is 11.5 Å². The predicted molar refractivity (Wildman–Crippen MR) is 108 cm³/mol. The Kier molecular flexibility index (Phi) is 3.74. The third kappa shape index (κ3) is 2.46. The first-order valence-electron chi connectivity index (χ1n) is 8.30. The molecule has 0 fully saturated rings. The second kappa shape index (κ2) is 6.15. The standard InChI is InChI=1S/C22H11BrO3S/c23-13-9-7-12(8-10-13)21-17(16-6-3-11-27-16)18-19(24)14-4-1-2-5-15(14)20(25)22(18)26-21/h1-11H. The van der Waals surface area contributed by atoms with Crippen LogP contribution in [0, 0.1) is 0 Å². The molecule has 0 saturated heterocycles. The molecule has 1 aliphatic carbocycles. The van der Waals surface area contributed by atoms with Gasteiger partial charge >= 0.3 is 0 Å².